The predicted molar refractivity (Wildman–Crippen MR) is 127 cm³/mol. The lowest BCUT2D eigenvalue weighted by Crippen LogP contribution is -2.55. The van der Waals surface area contributed by atoms with Crippen molar-refractivity contribution in [3.8, 4) is 17.5 Å². The van der Waals surface area contributed by atoms with Gasteiger partial charge in [0.15, 0.2) is 0 Å². The van der Waals surface area contributed by atoms with E-state index in [9.17, 15) is 23.6 Å². The average Bonchev–Trinajstić information content (AvgIpc) is 2.81. The molecule has 2 aromatic rings. The number of nitriles is 1. The predicted octanol–water partition coefficient (Wildman–Crippen LogP) is 3.55. The number of aromatic nitrogens is 3. The first kappa shape index (κ1) is 25.2. The van der Waals surface area contributed by atoms with Crippen LogP contribution in [0.3, 0.4) is 0 Å². The molecule has 4 heterocycles. The Morgan fingerprint density at radius 2 is 2.03 bits per heavy atom. The molecule has 1 N–H and O–H groups in total. The molecular formula is C24H27F2N7O3. The first-order valence-corrected chi connectivity index (χ1v) is 11.6. The summed E-state index contributed by atoms with van der Waals surface area (Å²) in [4.78, 5) is 40.9. The molecule has 2 atom stereocenters. The van der Waals surface area contributed by atoms with E-state index < -0.39 is 36.4 Å². The first-order chi connectivity index (χ1) is 17.0. The summed E-state index contributed by atoms with van der Waals surface area (Å²) in [6, 6.07) is 4.98. The van der Waals surface area contributed by atoms with Gasteiger partial charge in [-0.05, 0) is 39.8 Å². The fraction of sp³-hybridized carbons (Fsp3) is 0.500. The number of carbonyl (C=O) groups is 2. The number of fused-ring (bicyclic) bond motifs is 1. The molecule has 12 heteroatoms. The molecule has 2 aliphatic rings. The molecule has 0 aliphatic carbocycles. The van der Waals surface area contributed by atoms with Crippen LogP contribution >= 0.6 is 0 Å². The van der Waals surface area contributed by atoms with E-state index in [4.69, 9.17) is 4.74 Å². The number of nitrogens with zero attached hydrogens (tertiary/aromatic N) is 6. The second-order valence-corrected chi connectivity index (χ2v) is 9.86. The highest BCUT2D eigenvalue weighted by Gasteiger charge is 2.37. The van der Waals surface area contributed by atoms with Gasteiger partial charge in [-0.2, -0.15) is 5.26 Å². The third kappa shape index (κ3) is 5.19. The maximum Gasteiger partial charge on any atom is 0.410 e. The number of hydrogen-bond donors (Lipinski definition) is 1. The van der Waals surface area contributed by atoms with Gasteiger partial charge in [0, 0.05) is 37.7 Å². The van der Waals surface area contributed by atoms with Crippen LogP contribution in [0, 0.1) is 11.3 Å². The zero-order valence-corrected chi connectivity index (χ0v) is 20.5. The summed E-state index contributed by atoms with van der Waals surface area (Å²) in [6.07, 6.45) is -2.44. The Morgan fingerprint density at radius 1 is 1.28 bits per heavy atom. The second-order valence-electron chi connectivity index (χ2n) is 9.86. The standard InChI is InChI=1S/C24H27F2N7O3/c1-13-11-32(5-6-33(13)23(35)36-24(2,3)4)17-8-14(10-27)7-16(30-17)20-19-15(21(25)26)9-18(34)31-22(19)29-12-28-20/h7-8,12-13,15,21H,5-6,9,11H2,1-4H3,(H,28,29,31,34)/t13-,15+/m0/s1. The van der Waals surface area contributed by atoms with Crippen LogP contribution in [0.5, 0.6) is 0 Å². The van der Waals surface area contributed by atoms with Crippen molar-refractivity contribution in [2.45, 2.75) is 58.1 Å². The molecule has 0 radical (unpaired) electrons. The number of carbonyl (C=O) groups excluding carboxylic acids is 2. The molecular weight excluding hydrogens is 472 g/mol. The normalized spacial score (nSPS) is 20.0. The van der Waals surface area contributed by atoms with E-state index in [-0.39, 0.29) is 34.4 Å². The molecule has 2 aromatic heterocycles. The monoisotopic (exact) mass is 499 g/mol. The Hall–Kier alpha value is -3.88. The zero-order valence-electron chi connectivity index (χ0n) is 20.5. The summed E-state index contributed by atoms with van der Waals surface area (Å²) < 4.78 is 33.2. The van der Waals surface area contributed by atoms with E-state index in [2.05, 4.69) is 26.3 Å². The SMILES string of the molecule is C[C@H]1CN(c2cc(C#N)cc(-c3ncnc4c3[C@H](C(F)F)CC(=O)N4)n2)CCN1C(=O)OC(C)(C)C. The summed E-state index contributed by atoms with van der Waals surface area (Å²) in [6.45, 7) is 8.55. The van der Waals surface area contributed by atoms with Crippen LogP contribution in [-0.2, 0) is 9.53 Å². The molecule has 2 aliphatic heterocycles. The van der Waals surface area contributed by atoms with Crippen LogP contribution in [0.1, 0.15) is 51.2 Å². The van der Waals surface area contributed by atoms with Crippen LogP contribution in [0.15, 0.2) is 18.5 Å². The first-order valence-electron chi connectivity index (χ1n) is 11.6. The lowest BCUT2D eigenvalue weighted by Gasteiger charge is -2.40. The van der Waals surface area contributed by atoms with Crippen molar-refractivity contribution >= 4 is 23.6 Å². The van der Waals surface area contributed by atoms with E-state index >= 15 is 0 Å². The van der Waals surface area contributed by atoms with Gasteiger partial charge >= 0.3 is 6.09 Å². The highest BCUT2D eigenvalue weighted by atomic mass is 19.3. The summed E-state index contributed by atoms with van der Waals surface area (Å²) in [7, 11) is 0. The number of nitrogens with one attached hydrogen (secondary N) is 1. The Bertz CT molecular complexity index is 1230. The van der Waals surface area contributed by atoms with Gasteiger partial charge in [-0.15, -0.1) is 0 Å². The Labute approximate surface area is 207 Å². The summed E-state index contributed by atoms with van der Waals surface area (Å²) >= 11 is 0. The average molecular weight is 500 g/mol. The third-order valence-corrected chi connectivity index (χ3v) is 5.99. The smallest absolute Gasteiger partial charge is 0.410 e. The maximum atomic E-state index is 13.9. The van der Waals surface area contributed by atoms with Gasteiger partial charge in [0.05, 0.1) is 28.9 Å². The number of piperazine rings is 1. The lowest BCUT2D eigenvalue weighted by molar-refractivity contribution is -0.117. The Balaban J connectivity index is 1.67. The quantitative estimate of drug-likeness (QED) is 0.680. The minimum atomic E-state index is -2.81. The number of alkyl halides is 2. The molecule has 1 saturated heterocycles. The van der Waals surface area contributed by atoms with E-state index in [1.807, 2.05) is 11.8 Å². The Morgan fingerprint density at radius 3 is 2.67 bits per heavy atom. The van der Waals surface area contributed by atoms with E-state index in [1.54, 1.807) is 31.7 Å². The van der Waals surface area contributed by atoms with Gasteiger partial charge in [-0.3, -0.25) is 4.79 Å². The number of hydrogen-bond acceptors (Lipinski definition) is 8. The fourth-order valence-electron chi connectivity index (χ4n) is 4.37. The van der Waals surface area contributed by atoms with Gasteiger partial charge in [0.2, 0.25) is 12.3 Å². The fourth-order valence-corrected chi connectivity index (χ4v) is 4.37. The van der Waals surface area contributed by atoms with Crippen LogP contribution in [0.4, 0.5) is 25.2 Å². The molecule has 0 unspecified atom stereocenters. The molecule has 2 amide bonds. The number of pyridine rings is 1. The molecule has 10 nitrogen and oxygen atoms in total. The van der Waals surface area contributed by atoms with Crippen molar-refractivity contribution in [1.82, 2.24) is 19.9 Å². The number of rotatable bonds is 3. The van der Waals surface area contributed by atoms with Crippen molar-refractivity contribution in [3.63, 3.8) is 0 Å². The second kappa shape index (κ2) is 9.64. The number of amides is 2. The molecule has 0 bridgehead atoms. The molecule has 0 spiro atoms. The lowest BCUT2D eigenvalue weighted by atomic mass is 9.90. The van der Waals surface area contributed by atoms with Crippen molar-refractivity contribution in [2.75, 3.05) is 29.9 Å². The van der Waals surface area contributed by atoms with Crippen molar-refractivity contribution in [2.24, 2.45) is 0 Å². The maximum absolute atomic E-state index is 13.9. The van der Waals surface area contributed by atoms with Gasteiger partial charge < -0.3 is 19.9 Å². The molecule has 1 fully saturated rings. The highest BCUT2D eigenvalue weighted by molar-refractivity contribution is 5.95. The number of ether oxygens (including phenoxy) is 1. The van der Waals surface area contributed by atoms with Crippen LogP contribution in [-0.4, -0.2) is 69.6 Å². The topological polar surface area (TPSA) is 124 Å². The number of anilines is 2. The molecule has 0 saturated carbocycles. The molecule has 0 aromatic carbocycles. The highest BCUT2D eigenvalue weighted by Crippen LogP contribution is 2.40. The van der Waals surface area contributed by atoms with E-state index in [0.29, 0.717) is 25.5 Å². The van der Waals surface area contributed by atoms with Crippen LogP contribution < -0.4 is 10.2 Å². The van der Waals surface area contributed by atoms with Crippen LogP contribution in [0.2, 0.25) is 0 Å². The van der Waals surface area contributed by atoms with Crippen molar-refractivity contribution in [3.05, 3.63) is 29.6 Å². The zero-order chi connectivity index (χ0) is 26.2. The molecule has 36 heavy (non-hydrogen) atoms. The summed E-state index contributed by atoms with van der Waals surface area (Å²) in [5, 5.41) is 12.2. The number of halogens is 2. The summed E-state index contributed by atoms with van der Waals surface area (Å²) in [5.74, 6) is -1.46. The van der Waals surface area contributed by atoms with Gasteiger partial charge in [-0.1, -0.05) is 0 Å². The van der Waals surface area contributed by atoms with Gasteiger partial charge in [0.1, 0.15) is 23.6 Å². The minimum Gasteiger partial charge on any atom is -0.444 e. The molecule has 190 valence electrons. The van der Waals surface area contributed by atoms with Crippen LogP contribution in [0.25, 0.3) is 11.4 Å². The Kier molecular flexibility index (Phi) is 6.75. The minimum absolute atomic E-state index is 0.0202. The summed E-state index contributed by atoms with van der Waals surface area (Å²) in [5.41, 5.74) is 0.134. The van der Waals surface area contributed by atoms with E-state index in [0.717, 1.165) is 0 Å². The van der Waals surface area contributed by atoms with Gasteiger partial charge in [-0.25, -0.2) is 28.5 Å². The van der Waals surface area contributed by atoms with Gasteiger partial charge in [0.25, 0.3) is 0 Å². The third-order valence-electron chi connectivity index (χ3n) is 5.99. The van der Waals surface area contributed by atoms with E-state index in [1.165, 1.54) is 12.4 Å². The largest absolute Gasteiger partial charge is 0.444 e. The van der Waals surface area contributed by atoms with Crippen molar-refractivity contribution < 1.29 is 23.1 Å². The molecule has 4 rings (SSSR count). The van der Waals surface area contributed by atoms with Crippen molar-refractivity contribution in [1.29, 1.82) is 5.26 Å².